The van der Waals surface area contributed by atoms with E-state index in [1.54, 1.807) is 7.11 Å². The first kappa shape index (κ1) is 10.5. The van der Waals surface area contributed by atoms with Crippen LogP contribution in [0.3, 0.4) is 0 Å². The lowest BCUT2D eigenvalue weighted by Gasteiger charge is -2.19. The van der Waals surface area contributed by atoms with Crippen LogP contribution in [0.2, 0.25) is 0 Å². The minimum atomic E-state index is -0.282. The van der Waals surface area contributed by atoms with Crippen LogP contribution in [0, 0.1) is 0 Å². The number of hydrogen-bond donors (Lipinski definition) is 0. The summed E-state index contributed by atoms with van der Waals surface area (Å²) in [5.74, 6) is 1.35. The van der Waals surface area contributed by atoms with Gasteiger partial charge in [0.25, 0.3) is 0 Å². The van der Waals surface area contributed by atoms with E-state index in [1.165, 1.54) is 0 Å². The average Bonchev–Trinajstić information content (AvgIpc) is 2.52. The summed E-state index contributed by atoms with van der Waals surface area (Å²) in [6.45, 7) is 3.91. The minimum Gasteiger partial charge on any atom is -0.378 e. The van der Waals surface area contributed by atoms with Crippen molar-refractivity contribution in [1.82, 2.24) is 10.1 Å². The Morgan fingerprint density at radius 2 is 2.23 bits per heavy atom. The van der Waals surface area contributed by atoms with E-state index in [4.69, 9.17) is 20.9 Å². The molecule has 74 valence electrons. The number of nitrogens with zero attached hydrogens (tertiary/aromatic N) is 2. The van der Waals surface area contributed by atoms with Gasteiger partial charge in [-0.15, -0.1) is 11.6 Å². The summed E-state index contributed by atoms with van der Waals surface area (Å²) in [4.78, 5) is 4.07. The summed E-state index contributed by atoms with van der Waals surface area (Å²) in [5, 5.41) is 3.68. The highest BCUT2D eigenvalue weighted by Crippen LogP contribution is 2.14. The Labute approximate surface area is 82.2 Å². The van der Waals surface area contributed by atoms with Crippen molar-refractivity contribution < 1.29 is 9.26 Å². The second-order valence-electron chi connectivity index (χ2n) is 3.38. The maximum absolute atomic E-state index is 5.53. The Morgan fingerprint density at radius 3 is 2.69 bits per heavy atom. The highest BCUT2D eigenvalue weighted by atomic mass is 35.5. The summed E-state index contributed by atoms with van der Waals surface area (Å²) >= 11 is 5.53. The van der Waals surface area contributed by atoms with Crippen molar-refractivity contribution in [3.8, 4) is 0 Å². The highest BCUT2D eigenvalue weighted by molar-refractivity contribution is 6.16. The van der Waals surface area contributed by atoms with E-state index in [2.05, 4.69) is 10.1 Å². The van der Waals surface area contributed by atoms with Crippen molar-refractivity contribution in [2.45, 2.75) is 31.7 Å². The molecule has 1 aromatic heterocycles. The summed E-state index contributed by atoms with van der Waals surface area (Å²) in [5.41, 5.74) is -0.282. The Hall–Kier alpha value is -0.610. The van der Waals surface area contributed by atoms with Crippen LogP contribution in [0.25, 0.3) is 0 Å². The molecule has 13 heavy (non-hydrogen) atoms. The van der Waals surface area contributed by atoms with Gasteiger partial charge >= 0.3 is 0 Å². The molecular formula is C8H13ClN2O2. The number of ether oxygens (including phenoxy) is 1. The van der Waals surface area contributed by atoms with Crippen molar-refractivity contribution in [3.05, 3.63) is 11.7 Å². The molecule has 1 heterocycles. The van der Waals surface area contributed by atoms with E-state index in [0.717, 1.165) is 0 Å². The minimum absolute atomic E-state index is 0.275. The largest absolute Gasteiger partial charge is 0.378 e. The second kappa shape index (κ2) is 4.07. The third-order valence-electron chi connectivity index (χ3n) is 1.76. The smallest absolute Gasteiger partial charge is 0.229 e. The van der Waals surface area contributed by atoms with Gasteiger partial charge in [-0.1, -0.05) is 5.16 Å². The Kier molecular flexibility index (Phi) is 3.27. The lowest BCUT2D eigenvalue weighted by molar-refractivity contribution is 0.0170. The van der Waals surface area contributed by atoms with Gasteiger partial charge in [0.1, 0.15) is 0 Å². The zero-order valence-electron chi connectivity index (χ0n) is 8.00. The first-order valence-electron chi connectivity index (χ1n) is 4.00. The van der Waals surface area contributed by atoms with Crippen LogP contribution < -0.4 is 0 Å². The summed E-state index contributed by atoms with van der Waals surface area (Å²) < 4.78 is 10.2. The van der Waals surface area contributed by atoms with Gasteiger partial charge in [0, 0.05) is 7.11 Å². The molecule has 0 amide bonds. The number of alkyl halides is 1. The lowest BCUT2D eigenvalue weighted by Crippen LogP contribution is -2.25. The van der Waals surface area contributed by atoms with E-state index in [-0.39, 0.29) is 11.5 Å². The zero-order chi connectivity index (χ0) is 9.90. The third-order valence-corrected chi connectivity index (χ3v) is 2.00. The maximum Gasteiger partial charge on any atom is 0.229 e. The van der Waals surface area contributed by atoms with Gasteiger partial charge in [-0.25, -0.2) is 0 Å². The Morgan fingerprint density at radius 1 is 1.54 bits per heavy atom. The van der Waals surface area contributed by atoms with Crippen molar-refractivity contribution in [1.29, 1.82) is 0 Å². The molecule has 4 nitrogen and oxygen atoms in total. The number of methoxy groups -OCH3 is 1. The molecular weight excluding hydrogens is 192 g/mol. The molecule has 0 saturated heterocycles. The van der Waals surface area contributed by atoms with Gasteiger partial charge in [-0.2, -0.15) is 4.98 Å². The molecule has 1 aromatic rings. The second-order valence-corrected chi connectivity index (χ2v) is 3.65. The SMILES string of the molecule is COC(C)(C)Cc1nc(CCl)no1. The van der Waals surface area contributed by atoms with Gasteiger partial charge < -0.3 is 9.26 Å². The van der Waals surface area contributed by atoms with Crippen LogP contribution in [-0.4, -0.2) is 22.9 Å². The zero-order valence-corrected chi connectivity index (χ0v) is 8.76. The van der Waals surface area contributed by atoms with Gasteiger partial charge in [-0.3, -0.25) is 0 Å². The molecule has 0 aromatic carbocycles. The monoisotopic (exact) mass is 204 g/mol. The molecule has 0 radical (unpaired) electrons. The van der Waals surface area contributed by atoms with Crippen LogP contribution in [-0.2, 0) is 17.0 Å². The van der Waals surface area contributed by atoms with E-state index >= 15 is 0 Å². The number of hydrogen-bond acceptors (Lipinski definition) is 4. The Balaban J connectivity index is 2.63. The average molecular weight is 205 g/mol. The van der Waals surface area contributed by atoms with E-state index < -0.39 is 0 Å². The van der Waals surface area contributed by atoms with E-state index in [1.807, 2.05) is 13.8 Å². The topological polar surface area (TPSA) is 48.2 Å². The molecule has 1 rings (SSSR count). The molecule has 0 bridgehead atoms. The van der Waals surface area contributed by atoms with Crippen molar-refractivity contribution in [2.75, 3.05) is 7.11 Å². The van der Waals surface area contributed by atoms with Gasteiger partial charge in [0.15, 0.2) is 5.82 Å². The molecule has 0 atom stereocenters. The van der Waals surface area contributed by atoms with Gasteiger partial charge in [0.05, 0.1) is 17.9 Å². The van der Waals surface area contributed by atoms with Crippen molar-refractivity contribution >= 4 is 11.6 Å². The highest BCUT2D eigenvalue weighted by Gasteiger charge is 2.21. The Bertz CT molecular complexity index is 273. The molecule has 0 aliphatic heterocycles. The first-order valence-corrected chi connectivity index (χ1v) is 4.53. The molecule has 0 fully saturated rings. The molecule has 0 unspecified atom stereocenters. The molecule has 0 N–H and O–H groups in total. The fourth-order valence-corrected chi connectivity index (χ4v) is 0.961. The molecule has 0 aliphatic rings. The fourth-order valence-electron chi connectivity index (χ4n) is 0.853. The predicted octanol–water partition coefficient (Wildman–Crippen LogP) is 1.78. The number of halogens is 1. The molecule has 0 spiro atoms. The van der Waals surface area contributed by atoms with E-state index in [9.17, 15) is 0 Å². The summed E-state index contributed by atoms with van der Waals surface area (Å²) in [6, 6.07) is 0. The van der Waals surface area contributed by atoms with Crippen LogP contribution in [0.15, 0.2) is 4.52 Å². The lowest BCUT2D eigenvalue weighted by atomic mass is 10.1. The summed E-state index contributed by atoms with van der Waals surface area (Å²) in [7, 11) is 1.65. The maximum atomic E-state index is 5.53. The van der Waals surface area contributed by atoms with Gasteiger partial charge in [0.2, 0.25) is 5.89 Å². The fraction of sp³-hybridized carbons (Fsp3) is 0.750. The normalized spacial score (nSPS) is 12.0. The molecule has 0 saturated carbocycles. The van der Waals surface area contributed by atoms with Crippen LogP contribution in [0.5, 0.6) is 0 Å². The standard InChI is InChI=1S/C8H13ClN2O2/c1-8(2,12-3)4-7-10-6(5-9)11-13-7/h4-5H2,1-3H3. The van der Waals surface area contributed by atoms with E-state index in [0.29, 0.717) is 18.1 Å². The van der Waals surface area contributed by atoms with Crippen molar-refractivity contribution in [3.63, 3.8) is 0 Å². The van der Waals surface area contributed by atoms with Crippen LogP contribution in [0.4, 0.5) is 0 Å². The molecule has 0 aliphatic carbocycles. The number of rotatable bonds is 4. The third kappa shape index (κ3) is 2.97. The predicted molar refractivity (Wildman–Crippen MR) is 48.6 cm³/mol. The van der Waals surface area contributed by atoms with Gasteiger partial charge in [-0.05, 0) is 13.8 Å². The summed E-state index contributed by atoms with van der Waals surface area (Å²) in [6.07, 6.45) is 0.591. The quantitative estimate of drug-likeness (QED) is 0.702. The number of aromatic nitrogens is 2. The first-order chi connectivity index (χ1) is 6.07. The van der Waals surface area contributed by atoms with Crippen LogP contribution >= 0.6 is 11.6 Å². The molecule has 5 heteroatoms. The van der Waals surface area contributed by atoms with Crippen LogP contribution in [0.1, 0.15) is 25.6 Å². The van der Waals surface area contributed by atoms with Crippen molar-refractivity contribution in [2.24, 2.45) is 0 Å².